The van der Waals surface area contributed by atoms with Gasteiger partial charge in [-0.15, -0.1) is 0 Å². The van der Waals surface area contributed by atoms with Crippen molar-refractivity contribution in [3.8, 4) is 0 Å². The Labute approximate surface area is 81.5 Å². The molecule has 0 bridgehead atoms. The van der Waals surface area contributed by atoms with Crippen LogP contribution in [0.3, 0.4) is 0 Å². The van der Waals surface area contributed by atoms with Crippen molar-refractivity contribution in [2.24, 2.45) is 5.73 Å². The third-order valence-electron chi connectivity index (χ3n) is 1.83. The minimum absolute atomic E-state index is 0.0445. The standard InChI is InChI=1S/C10H15NOS/c1-13(2)9-5-3-8(4-6-9)7-10(11)12/h3-6,13H,7H2,1-2H3,(H2,11,12). The number of amides is 1. The van der Waals surface area contributed by atoms with Gasteiger partial charge in [-0.3, -0.25) is 4.79 Å². The van der Waals surface area contributed by atoms with E-state index in [4.69, 9.17) is 5.73 Å². The van der Waals surface area contributed by atoms with Crippen LogP contribution in [-0.4, -0.2) is 18.4 Å². The van der Waals surface area contributed by atoms with E-state index in [0.29, 0.717) is 6.42 Å². The van der Waals surface area contributed by atoms with Gasteiger partial charge in [0.25, 0.3) is 0 Å². The SMILES string of the molecule is C[SH](C)c1ccc(CC(N)=O)cc1. The number of carbonyl (C=O) groups is 1. The van der Waals surface area contributed by atoms with Crippen LogP contribution in [0.5, 0.6) is 0 Å². The lowest BCUT2D eigenvalue weighted by Gasteiger charge is -2.09. The Kier molecular flexibility index (Phi) is 3.37. The maximum atomic E-state index is 10.6. The largest absolute Gasteiger partial charge is 0.369 e. The normalized spacial score (nSPS) is 11.1. The van der Waals surface area contributed by atoms with Gasteiger partial charge in [0.2, 0.25) is 5.91 Å². The van der Waals surface area contributed by atoms with Gasteiger partial charge in [-0.1, -0.05) is 24.3 Å². The predicted octanol–water partition coefficient (Wildman–Crippen LogP) is 1.33. The van der Waals surface area contributed by atoms with Gasteiger partial charge in [0, 0.05) is 0 Å². The quantitative estimate of drug-likeness (QED) is 0.705. The van der Waals surface area contributed by atoms with Crippen LogP contribution in [0.1, 0.15) is 5.56 Å². The molecule has 2 nitrogen and oxygen atoms in total. The van der Waals surface area contributed by atoms with Crippen molar-refractivity contribution in [2.75, 3.05) is 12.5 Å². The molecule has 3 heteroatoms. The van der Waals surface area contributed by atoms with Crippen LogP contribution in [0.25, 0.3) is 0 Å². The maximum absolute atomic E-state index is 10.6. The number of rotatable bonds is 3. The Bertz CT molecular complexity index is 292. The highest BCUT2D eigenvalue weighted by molar-refractivity contribution is 8.15. The highest BCUT2D eigenvalue weighted by Crippen LogP contribution is 2.27. The zero-order valence-electron chi connectivity index (χ0n) is 7.95. The van der Waals surface area contributed by atoms with Crippen LogP contribution in [0.15, 0.2) is 29.2 Å². The third-order valence-corrected chi connectivity index (χ3v) is 3.16. The first-order chi connectivity index (χ1) is 6.09. The number of benzene rings is 1. The molecular weight excluding hydrogens is 182 g/mol. The molecule has 1 rings (SSSR count). The van der Waals surface area contributed by atoms with Gasteiger partial charge in [0.1, 0.15) is 0 Å². The lowest BCUT2D eigenvalue weighted by atomic mass is 10.1. The minimum atomic E-state index is -0.275. The average molecular weight is 197 g/mol. The Morgan fingerprint density at radius 2 is 1.85 bits per heavy atom. The Morgan fingerprint density at radius 3 is 2.23 bits per heavy atom. The summed E-state index contributed by atoms with van der Waals surface area (Å²) in [5, 5.41) is 0. The third kappa shape index (κ3) is 3.11. The van der Waals surface area contributed by atoms with Crippen molar-refractivity contribution in [3.05, 3.63) is 29.8 Å². The fourth-order valence-corrected chi connectivity index (χ4v) is 1.86. The summed E-state index contributed by atoms with van der Waals surface area (Å²) < 4.78 is 0. The number of carbonyl (C=O) groups excluding carboxylic acids is 1. The van der Waals surface area contributed by atoms with Gasteiger partial charge >= 0.3 is 0 Å². The van der Waals surface area contributed by atoms with E-state index in [-0.39, 0.29) is 16.8 Å². The molecule has 0 fully saturated rings. The number of nitrogens with two attached hydrogens (primary N) is 1. The minimum Gasteiger partial charge on any atom is -0.369 e. The smallest absolute Gasteiger partial charge is 0.221 e. The Balaban J connectivity index is 2.75. The van der Waals surface area contributed by atoms with Gasteiger partial charge in [0.05, 0.1) is 6.42 Å². The monoisotopic (exact) mass is 197 g/mol. The lowest BCUT2D eigenvalue weighted by Crippen LogP contribution is -2.13. The molecule has 0 radical (unpaired) electrons. The number of thiol groups is 1. The molecule has 1 aromatic rings. The maximum Gasteiger partial charge on any atom is 0.221 e. The lowest BCUT2D eigenvalue weighted by molar-refractivity contribution is -0.117. The first-order valence-electron chi connectivity index (χ1n) is 4.14. The van der Waals surface area contributed by atoms with Crippen molar-refractivity contribution in [2.45, 2.75) is 11.3 Å². The number of hydrogen-bond acceptors (Lipinski definition) is 1. The summed E-state index contributed by atoms with van der Waals surface area (Å²) >= 11 is 0. The van der Waals surface area contributed by atoms with E-state index in [9.17, 15) is 4.79 Å². The van der Waals surface area contributed by atoms with Crippen molar-refractivity contribution in [1.82, 2.24) is 0 Å². The van der Waals surface area contributed by atoms with E-state index in [2.05, 4.69) is 24.6 Å². The van der Waals surface area contributed by atoms with E-state index >= 15 is 0 Å². The summed E-state index contributed by atoms with van der Waals surface area (Å²) in [4.78, 5) is 12.0. The molecule has 0 aliphatic carbocycles. The van der Waals surface area contributed by atoms with Crippen LogP contribution in [0.2, 0.25) is 0 Å². The molecule has 0 atom stereocenters. The van der Waals surface area contributed by atoms with E-state index in [1.807, 2.05) is 12.1 Å². The van der Waals surface area contributed by atoms with Gasteiger partial charge in [-0.25, -0.2) is 10.9 Å². The molecule has 0 aliphatic heterocycles. The predicted molar refractivity (Wildman–Crippen MR) is 58.4 cm³/mol. The van der Waals surface area contributed by atoms with Crippen molar-refractivity contribution >= 4 is 16.8 Å². The molecule has 1 aromatic carbocycles. The van der Waals surface area contributed by atoms with Gasteiger partial charge in [-0.05, 0) is 23.0 Å². The molecule has 72 valence electrons. The topological polar surface area (TPSA) is 43.1 Å². The molecule has 0 saturated heterocycles. The van der Waals surface area contributed by atoms with E-state index < -0.39 is 0 Å². The van der Waals surface area contributed by atoms with Crippen molar-refractivity contribution in [3.63, 3.8) is 0 Å². The van der Waals surface area contributed by atoms with Gasteiger partial charge < -0.3 is 5.73 Å². The molecule has 0 spiro atoms. The second kappa shape index (κ2) is 4.33. The van der Waals surface area contributed by atoms with Crippen LogP contribution >= 0.6 is 10.9 Å². The first kappa shape index (κ1) is 10.1. The van der Waals surface area contributed by atoms with Crippen molar-refractivity contribution < 1.29 is 4.79 Å². The summed E-state index contributed by atoms with van der Waals surface area (Å²) in [5.74, 6) is -0.275. The molecule has 13 heavy (non-hydrogen) atoms. The molecule has 1 amide bonds. The number of primary amides is 1. The Morgan fingerprint density at radius 1 is 1.31 bits per heavy atom. The molecule has 0 unspecified atom stereocenters. The summed E-state index contributed by atoms with van der Waals surface area (Å²) in [7, 11) is -0.0445. The molecule has 0 aromatic heterocycles. The van der Waals surface area contributed by atoms with Gasteiger partial charge in [0.15, 0.2) is 0 Å². The zero-order chi connectivity index (χ0) is 9.84. The fourth-order valence-electron chi connectivity index (χ4n) is 1.11. The first-order valence-corrected chi connectivity index (χ1v) is 6.38. The summed E-state index contributed by atoms with van der Waals surface area (Å²) in [6.45, 7) is 0. The summed E-state index contributed by atoms with van der Waals surface area (Å²) in [6, 6.07) is 8.10. The van der Waals surface area contributed by atoms with Gasteiger partial charge in [-0.2, -0.15) is 0 Å². The summed E-state index contributed by atoms with van der Waals surface area (Å²) in [6.07, 6.45) is 4.75. The van der Waals surface area contributed by atoms with E-state index in [0.717, 1.165) is 5.56 Å². The second-order valence-electron chi connectivity index (χ2n) is 3.20. The van der Waals surface area contributed by atoms with E-state index in [1.54, 1.807) is 0 Å². The fraction of sp³-hybridized carbons (Fsp3) is 0.300. The molecular formula is C10H15NOS. The average Bonchev–Trinajstić information content (AvgIpc) is 2.04. The highest BCUT2D eigenvalue weighted by atomic mass is 32.2. The molecule has 2 N–H and O–H groups in total. The van der Waals surface area contributed by atoms with Crippen LogP contribution in [-0.2, 0) is 11.2 Å². The second-order valence-corrected chi connectivity index (χ2v) is 5.51. The molecule has 0 aliphatic rings. The molecule has 0 saturated carbocycles. The number of hydrogen-bond donors (Lipinski definition) is 2. The van der Waals surface area contributed by atoms with Crippen LogP contribution in [0.4, 0.5) is 0 Å². The van der Waals surface area contributed by atoms with Crippen molar-refractivity contribution in [1.29, 1.82) is 0 Å². The Hall–Kier alpha value is -0.960. The van der Waals surface area contributed by atoms with Crippen LogP contribution < -0.4 is 5.73 Å². The molecule has 0 heterocycles. The van der Waals surface area contributed by atoms with Crippen LogP contribution in [0, 0.1) is 0 Å². The highest BCUT2D eigenvalue weighted by Gasteiger charge is 1.99. The summed E-state index contributed by atoms with van der Waals surface area (Å²) in [5.41, 5.74) is 6.08. The van der Waals surface area contributed by atoms with E-state index in [1.165, 1.54) is 4.90 Å². The zero-order valence-corrected chi connectivity index (χ0v) is 8.84.